The van der Waals surface area contributed by atoms with E-state index < -0.39 is 0 Å². The van der Waals surface area contributed by atoms with Crippen molar-refractivity contribution in [2.45, 2.75) is 19.6 Å². The average molecular weight is 311 g/mol. The minimum atomic E-state index is 0.0327. The zero-order valence-electron chi connectivity index (χ0n) is 13.2. The molecule has 1 fully saturated rings. The fourth-order valence-corrected chi connectivity index (χ4v) is 2.65. The molecule has 2 heterocycles. The third-order valence-corrected chi connectivity index (χ3v) is 3.87. The summed E-state index contributed by atoms with van der Waals surface area (Å²) in [4.78, 5) is 18.7. The van der Waals surface area contributed by atoms with Gasteiger partial charge in [0.1, 0.15) is 6.61 Å². The molecule has 1 aromatic heterocycles. The maximum absolute atomic E-state index is 12.6. The molecule has 5 heteroatoms. The molecule has 1 aliphatic heterocycles. The number of pyridine rings is 1. The number of carbonyl (C=O) groups is 1. The third kappa shape index (κ3) is 4.07. The van der Waals surface area contributed by atoms with E-state index in [2.05, 4.69) is 17.2 Å². The van der Waals surface area contributed by atoms with Gasteiger partial charge in [0.15, 0.2) is 0 Å². The van der Waals surface area contributed by atoms with Crippen LogP contribution < -0.4 is 10.1 Å². The topological polar surface area (TPSA) is 54.5 Å². The summed E-state index contributed by atoms with van der Waals surface area (Å²) in [6.45, 7) is 4.80. The number of aromatic nitrogens is 1. The molecule has 0 radical (unpaired) electrons. The van der Waals surface area contributed by atoms with Crippen LogP contribution in [0.2, 0.25) is 0 Å². The zero-order chi connectivity index (χ0) is 16.1. The molecule has 1 aromatic carbocycles. The van der Waals surface area contributed by atoms with E-state index in [9.17, 15) is 4.79 Å². The molecular formula is C18H21N3O2. The van der Waals surface area contributed by atoms with Crippen LogP contribution in [0.1, 0.15) is 22.8 Å². The van der Waals surface area contributed by atoms with Gasteiger partial charge in [-0.15, -0.1) is 0 Å². The van der Waals surface area contributed by atoms with E-state index in [0.29, 0.717) is 24.1 Å². The van der Waals surface area contributed by atoms with Gasteiger partial charge in [0.05, 0.1) is 0 Å². The molecule has 0 spiro atoms. The van der Waals surface area contributed by atoms with Gasteiger partial charge in [-0.2, -0.15) is 0 Å². The molecule has 0 unspecified atom stereocenters. The first kappa shape index (κ1) is 15.5. The summed E-state index contributed by atoms with van der Waals surface area (Å²) >= 11 is 0. The van der Waals surface area contributed by atoms with E-state index >= 15 is 0 Å². The van der Waals surface area contributed by atoms with Gasteiger partial charge in [0.25, 0.3) is 5.91 Å². The molecule has 1 aliphatic rings. The van der Waals surface area contributed by atoms with Crippen LogP contribution in [-0.2, 0) is 6.61 Å². The molecule has 1 amide bonds. The van der Waals surface area contributed by atoms with Crippen molar-refractivity contribution >= 4 is 5.91 Å². The highest BCUT2D eigenvalue weighted by atomic mass is 16.5. The number of ether oxygens (including phenoxy) is 1. The van der Waals surface area contributed by atoms with E-state index in [1.807, 2.05) is 35.2 Å². The van der Waals surface area contributed by atoms with E-state index in [-0.39, 0.29) is 5.91 Å². The van der Waals surface area contributed by atoms with Crippen LogP contribution in [0.15, 0.2) is 48.7 Å². The van der Waals surface area contributed by atoms with Crippen molar-refractivity contribution in [1.29, 1.82) is 0 Å². The van der Waals surface area contributed by atoms with Crippen molar-refractivity contribution in [3.8, 4) is 5.88 Å². The van der Waals surface area contributed by atoms with E-state index in [1.165, 1.54) is 0 Å². The molecule has 0 aliphatic carbocycles. The number of hydrogen-bond donors (Lipinski definition) is 1. The van der Waals surface area contributed by atoms with Crippen LogP contribution in [0.25, 0.3) is 0 Å². The Morgan fingerprint density at radius 3 is 2.96 bits per heavy atom. The zero-order valence-corrected chi connectivity index (χ0v) is 13.2. The van der Waals surface area contributed by atoms with Gasteiger partial charge in [-0.1, -0.05) is 30.3 Å². The molecule has 0 bridgehead atoms. The largest absolute Gasteiger partial charge is 0.473 e. The second-order valence-electron chi connectivity index (χ2n) is 5.76. The summed E-state index contributed by atoms with van der Waals surface area (Å²) in [7, 11) is 0. The lowest BCUT2D eigenvalue weighted by atomic mass is 10.2. The van der Waals surface area contributed by atoms with Crippen LogP contribution in [0.4, 0.5) is 0 Å². The minimum absolute atomic E-state index is 0.0327. The molecule has 1 N–H and O–H groups in total. The van der Waals surface area contributed by atoms with Crippen molar-refractivity contribution in [3.63, 3.8) is 0 Å². The molecule has 5 nitrogen and oxygen atoms in total. The Morgan fingerprint density at radius 1 is 1.35 bits per heavy atom. The van der Waals surface area contributed by atoms with Crippen molar-refractivity contribution in [2.24, 2.45) is 0 Å². The van der Waals surface area contributed by atoms with Gasteiger partial charge in [0.2, 0.25) is 5.88 Å². The van der Waals surface area contributed by atoms with E-state index in [0.717, 1.165) is 25.2 Å². The Hall–Kier alpha value is -2.40. The quantitative estimate of drug-likeness (QED) is 0.939. The summed E-state index contributed by atoms with van der Waals surface area (Å²) in [5.74, 6) is 0.508. The number of piperazine rings is 1. The first-order valence-corrected chi connectivity index (χ1v) is 7.88. The molecule has 23 heavy (non-hydrogen) atoms. The highest BCUT2D eigenvalue weighted by Gasteiger charge is 2.22. The SMILES string of the molecule is C[C@@H]1CN(C(=O)c2ccnc(OCc3ccccc3)c2)CCN1. The highest BCUT2D eigenvalue weighted by molar-refractivity contribution is 5.94. The van der Waals surface area contributed by atoms with Gasteiger partial charge in [0, 0.05) is 43.5 Å². The van der Waals surface area contributed by atoms with Gasteiger partial charge in [-0.3, -0.25) is 4.79 Å². The van der Waals surface area contributed by atoms with E-state index in [4.69, 9.17) is 4.74 Å². The predicted octanol–water partition coefficient (Wildman–Crippen LogP) is 2.09. The second-order valence-corrected chi connectivity index (χ2v) is 5.76. The summed E-state index contributed by atoms with van der Waals surface area (Å²) < 4.78 is 5.70. The number of amides is 1. The van der Waals surface area contributed by atoms with Crippen LogP contribution in [-0.4, -0.2) is 41.5 Å². The van der Waals surface area contributed by atoms with Crippen molar-refractivity contribution in [1.82, 2.24) is 15.2 Å². The normalized spacial score (nSPS) is 17.8. The second kappa shape index (κ2) is 7.24. The van der Waals surface area contributed by atoms with Crippen molar-refractivity contribution in [3.05, 3.63) is 59.8 Å². The fourth-order valence-electron chi connectivity index (χ4n) is 2.65. The van der Waals surface area contributed by atoms with E-state index in [1.54, 1.807) is 18.3 Å². The van der Waals surface area contributed by atoms with Crippen molar-refractivity contribution in [2.75, 3.05) is 19.6 Å². The third-order valence-electron chi connectivity index (χ3n) is 3.87. The van der Waals surface area contributed by atoms with Gasteiger partial charge >= 0.3 is 0 Å². The predicted molar refractivity (Wildman–Crippen MR) is 88.4 cm³/mol. The Kier molecular flexibility index (Phi) is 4.88. The van der Waals surface area contributed by atoms with Crippen LogP contribution in [0, 0.1) is 0 Å². The Bertz CT molecular complexity index is 660. The number of nitrogens with one attached hydrogen (secondary N) is 1. The number of benzene rings is 1. The lowest BCUT2D eigenvalue weighted by Gasteiger charge is -2.31. The van der Waals surface area contributed by atoms with Crippen molar-refractivity contribution < 1.29 is 9.53 Å². The number of nitrogens with zero attached hydrogens (tertiary/aromatic N) is 2. The Labute approximate surface area is 136 Å². The Morgan fingerprint density at radius 2 is 2.17 bits per heavy atom. The minimum Gasteiger partial charge on any atom is -0.473 e. The summed E-state index contributed by atoms with van der Waals surface area (Å²) in [6, 6.07) is 13.7. The maximum atomic E-state index is 12.6. The number of carbonyl (C=O) groups excluding carboxylic acids is 1. The standard InChI is InChI=1S/C18H21N3O2/c1-14-12-21(10-9-19-14)18(22)16-7-8-20-17(11-16)23-13-15-5-3-2-4-6-15/h2-8,11,14,19H,9-10,12-13H2,1H3/t14-/m1/s1. The summed E-state index contributed by atoms with van der Waals surface area (Å²) in [5.41, 5.74) is 1.69. The molecule has 3 rings (SSSR count). The van der Waals surface area contributed by atoms with Gasteiger partial charge in [-0.25, -0.2) is 4.98 Å². The van der Waals surface area contributed by atoms with Crippen LogP contribution in [0.3, 0.4) is 0 Å². The summed E-state index contributed by atoms with van der Waals surface area (Å²) in [6.07, 6.45) is 1.62. The highest BCUT2D eigenvalue weighted by Crippen LogP contribution is 2.14. The molecule has 2 aromatic rings. The molecule has 120 valence electrons. The number of rotatable bonds is 4. The lowest BCUT2D eigenvalue weighted by molar-refractivity contribution is 0.0708. The smallest absolute Gasteiger partial charge is 0.254 e. The van der Waals surface area contributed by atoms with Crippen LogP contribution in [0.5, 0.6) is 5.88 Å². The van der Waals surface area contributed by atoms with Gasteiger partial charge in [-0.05, 0) is 18.6 Å². The number of hydrogen-bond acceptors (Lipinski definition) is 4. The van der Waals surface area contributed by atoms with Crippen LogP contribution >= 0.6 is 0 Å². The lowest BCUT2D eigenvalue weighted by Crippen LogP contribution is -2.51. The first-order chi connectivity index (χ1) is 11.2. The molecule has 1 saturated heterocycles. The van der Waals surface area contributed by atoms with Gasteiger partial charge < -0.3 is 15.0 Å². The first-order valence-electron chi connectivity index (χ1n) is 7.88. The molecular weight excluding hydrogens is 290 g/mol. The molecule has 0 saturated carbocycles. The monoisotopic (exact) mass is 311 g/mol. The fraction of sp³-hybridized carbons (Fsp3) is 0.333. The average Bonchev–Trinajstić information content (AvgIpc) is 2.60. The summed E-state index contributed by atoms with van der Waals surface area (Å²) in [5, 5.41) is 3.34. The molecule has 1 atom stereocenters. The Balaban J connectivity index is 1.66. The maximum Gasteiger partial charge on any atom is 0.254 e.